The summed E-state index contributed by atoms with van der Waals surface area (Å²) < 4.78 is 12.5. The Kier molecular flexibility index (Phi) is 12.4. The molecule has 0 fully saturated rings. The molecule has 0 bridgehead atoms. The Morgan fingerprint density at radius 2 is 0.944 bits per heavy atom. The van der Waals surface area contributed by atoms with E-state index in [0.717, 1.165) is 0 Å². The van der Waals surface area contributed by atoms with Gasteiger partial charge in [-0.05, 0) is 72.8 Å². The maximum absolute atomic E-state index is 13.5. The number of hydrazone groups is 2. The second kappa shape index (κ2) is 17.5. The van der Waals surface area contributed by atoms with Crippen LogP contribution < -0.4 is 20.3 Å². The first kappa shape index (κ1) is 38.3. The zero-order valence-corrected chi connectivity index (χ0v) is 30.3. The van der Waals surface area contributed by atoms with Crippen LogP contribution in [-0.4, -0.2) is 46.0 Å². The molecule has 54 heavy (non-hydrogen) atoms. The lowest BCUT2D eigenvalue weighted by Crippen LogP contribution is -2.19. The van der Waals surface area contributed by atoms with Gasteiger partial charge in [-0.1, -0.05) is 44.0 Å². The number of nitro groups is 2. The minimum absolute atomic E-state index is 0.0295. The molecule has 2 amide bonds. The molecule has 0 saturated carbocycles. The summed E-state index contributed by atoms with van der Waals surface area (Å²) in [5.41, 5.74) is 4.75. The number of nitrogens with zero attached hydrogens (tertiary/aromatic N) is 4. The molecule has 16 nitrogen and oxygen atoms in total. The first-order valence-corrected chi connectivity index (χ1v) is 16.8. The van der Waals surface area contributed by atoms with E-state index >= 15 is 0 Å². The van der Waals surface area contributed by atoms with E-state index in [1.165, 1.54) is 97.4 Å². The Morgan fingerprint density at radius 3 is 1.30 bits per heavy atom. The number of carbonyl (C=O) groups is 4. The highest BCUT2D eigenvalue weighted by molar-refractivity contribution is 9.10. The van der Waals surface area contributed by atoms with Crippen molar-refractivity contribution in [2.24, 2.45) is 10.2 Å². The molecule has 0 aliphatic rings. The van der Waals surface area contributed by atoms with E-state index in [4.69, 9.17) is 9.47 Å². The first-order chi connectivity index (χ1) is 25.9. The number of nitro benzene ring substituents is 2. The predicted molar refractivity (Wildman–Crippen MR) is 201 cm³/mol. The van der Waals surface area contributed by atoms with E-state index in [2.05, 4.69) is 52.9 Å². The van der Waals surface area contributed by atoms with Gasteiger partial charge in [0.2, 0.25) is 0 Å². The van der Waals surface area contributed by atoms with Gasteiger partial charge in [-0.3, -0.25) is 29.8 Å². The van der Waals surface area contributed by atoms with Crippen molar-refractivity contribution in [1.29, 1.82) is 0 Å². The summed E-state index contributed by atoms with van der Waals surface area (Å²) in [5.74, 6) is -3.06. The van der Waals surface area contributed by atoms with Crippen LogP contribution in [0.3, 0.4) is 0 Å². The van der Waals surface area contributed by atoms with Crippen LogP contribution in [-0.2, 0) is 0 Å². The van der Waals surface area contributed by atoms with Gasteiger partial charge < -0.3 is 9.47 Å². The van der Waals surface area contributed by atoms with E-state index in [1.54, 1.807) is 24.3 Å². The van der Waals surface area contributed by atoms with Gasteiger partial charge in [0.15, 0.2) is 0 Å². The molecular weight excluding hydrogens is 836 g/mol. The van der Waals surface area contributed by atoms with Crippen LogP contribution in [0.15, 0.2) is 128 Å². The third-order valence-corrected chi connectivity index (χ3v) is 8.12. The first-order valence-electron chi connectivity index (χ1n) is 15.2. The van der Waals surface area contributed by atoms with Crippen molar-refractivity contribution >= 4 is 79.4 Å². The monoisotopic (exact) mass is 856 g/mol. The molecule has 0 saturated heterocycles. The van der Waals surface area contributed by atoms with Gasteiger partial charge in [0.1, 0.15) is 11.5 Å². The Bertz CT molecular complexity index is 2190. The zero-order valence-electron chi connectivity index (χ0n) is 27.2. The fourth-order valence-electron chi connectivity index (χ4n) is 4.49. The van der Waals surface area contributed by atoms with Crippen LogP contribution in [0.5, 0.6) is 11.5 Å². The molecule has 0 aliphatic heterocycles. The van der Waals surface area contributed by atoms with Crippen molar-refractivity contribution in [2.75, 3.05) is 0 Å². The van der Waals surface area contributed by atoms with Gasteiger partial charge in [-0.25, -0.2) is 20.4 Å². The molecule has 18 heteroatoms. The molecule has 0 aromatic heterocycles. The molecule has 0 radical (unpaired) electrons. The van der Waals surface area contributed by atoms with E-state index in [0.29, 0.717) is 8.95 Å². The number of esters is 2. The second-order valence-corrected chi connectivity index (χ2v) is 12.5. The van der Waals surface area contributed by atoms with E-state index in [1.807, 2.05) is 0 Å². The smallest absolute Gasteiger partial charge is 0.344 e. The molecule has 0 aliphatic carbocycles. The average molecular weight is 858 g/mol. The quantitative estimate of drug-likeness (QED) is 0.0430. The highest BCUT2D eigenvalue weighted by Crippen LogP contribution is 2.26. The molecule has 0 unspecified atom stereocenters. The maximum atomic E-state index is 13.5. The van der Waals surface area contributed by atoms with Crippen LogP contribution in [0.4, 0.5) is 11.4 Å². The summed E-state index contributed by atoms with van der Waals surface area (Å²) in [4.78, 5) is 72.4. The maximum Gasteiger partial charge on any atom is 0.344 e. The molecule has 5 aromatic carbocycles. The van der Waals surface area contributed by atoms with Crippen LogP contribution in [0.2, 0.25) is 0 Å². The molecule has 0 atom stereocenters. The Morgan fingerprint density at radius 1 is 0.574 bits per heavy atom. The highest BCUT2D eigenvalue weighted by Gasteiger charge is 2.22. The van der Waals surface area contributed by atoms with Crippen LogP contribution in [0, 0.1) is 20.2 Å². The summed E-state index contributed by atoms with van der Waals surface area (Å²) in [6, 6.07) is 24.9. The number of benzene rings is 5. The van der Waals surface area contributed by atoms with Crippen molar-refractivity contribution in [1.82, 2.24) is 10.9 Å². The van der Waals surface area contributed by atoms with Gasteiger partial charge in [0, 0.05) is 55.5 Å². The summed E-state index contributed by atoms with van der Waals surface area (Å²) in [6.07, 6.45) is 2.45. The number of amides is 2. The standard InChI is InChI=1S/C36H22Br2N6O10/c37-25-9-15-31(23(17-25)19-39-41-33(45)21-5-11-27(12-6-21)43(49)50)53-35(47)29-3-1-2-4-30(29)36(48)54-32-16-10-26(38)18-24(32)20-40-42-34(46)22-7-13-28(14-8-22)44(51)52/h1-20H,(H,41,45)(H,42,46)/b39-19-,40-20-. The predicted octanol–water partition coefficient (Wildman–Crippen LogP) is 6.99. The van der Waals surface area contributed by atoms with Crippen molar-refractivity contribution in [2.45, 2.75) is 0 Å². The van der Waals surface area contributed by atoms with Gasteiger partial charge in [-0.15, -0.1) is 0 Å². The third kappa shape index (κ3) is 9.90. The molecule has 270 valence electrons. The molecule has 0 heterocycles. The Hall–Kier alpha value is -6.92. The van der Waals surface area contributed by atoms with Gasteiger partial charge in [0.25, 0.3) is 23.2 Å². The minimum Gasteiger partial charge on any atom is -0.422 e. The number of nitrogens with one attached hydrogen (secondary N) is 2. The summed E-state index contributed by atoms with van der Waals surface area (Å²) in [5, 5.41) is 29.6. The minimum atomic E-state index is -0.916. The Balaban J connectivity index is 1.28. The Labute approximate surface area is 321 Å². The van der Waals surface area contributed by atoms with E-state index in [9.17, 15) is 39.4 Å². The van der Waals surface area contributed by atoms with Gasteiger partial charge in [0.05, 0.1) is 33.4 Å². The summed E-state index contributed by atoms with van der Waals surface area (Å²) >= 11 is 6.67. The van der Waals surface area contributed by atoms with Crippen molar-refractivity contribution in [3.05, 3.63) is 172 Å². The number of halogens is 2. The number of carbonyl (C=O) groups excluding carboxylic acids is 4. The van der Waals surface area contributed by atoms with Crippen molar-refractivity contribution in [3.8, 4) is 11.5 Å². The largest absolute Gasteiger partial charge is 0.422 e. The van der Waals surface area contributed by atoms with Crippen LogP contribution >= 0.6 is 31.9 Å². The fourth-order valence-corrected chi connectivity index (χ4v) is 5.25. The topological polar surface area (TPSA) is 222 Å². The van der Waals surface area contributed by atoms with Crippen LogP contribution in [0.25, 0.3) is 0 Å². The lowest BCUT2D eigenvalue weighted by Gasteiger charge is -2.12. The fraction of sp³-hybridized carbons (Fsp3) is 0. The highest BCUT2D eigenvalue weighted by atomic mass is 79.9. The van der Waals surface area contributed by atoms with Gasteiger partial charge >= 0.3 is 11.9 Å². The molecule has 2 N–H and O–H groups in total. The van der Waals surface area contributed by atoms with E-state index < -0.39 is 33.6 Å². The summed E-state index contributed by atoms with van der Waals surface area (Å²) in [7, 11) is 0. The average Bonchev–Trinajstić information content (AvgIpc) is 3.16. The summed E-state index contributed by atoms with van der Waals surface area (Å²) in [6.45, 7) is 0. The van der Waals surface area contributed by atoms with Crippen LogP contribution in [0.1, 0.15) is 52.6 Å². The number of ether oxygens (including phenoxy) is 2. The number of rotatable bonds is 12. The molecular formula is C36H22Br2N6O10. The lowest BCUT2D eigenvalue weighted by atomic mass is 10.1. The number of non-ortho nitro benzene ring substituents is 2. The zero-order chi connectivity index (χ0) is 38.8. The molecule has 5 rings (SSSR count). The van der Waals surface area contributed by atoms with Crippen molar-refractivity contribution in [3.63, 3.8) is 0 Å². The van der Waals surface area contributed by atoms with Crippen molar-refractivity contribution < 1.29 is 38.5 Å². The van der Waals surface area contributed by atoms with E-state index in [-0.39, 0.29) is 56.3 Å². The number of hydrogen-bond acceptors (Lipinski definition) is 12. The SMILES string of the molecule is O=C(N/N=C\c1cc(Br)ccc1OC(=O)c1ccccc1C(=O)Oc1ccc(Br)cc1/C=N\NC(=O)c1ccc([N+](=O)[O-])cc1)c1ccc([N+](=O)[O-])cc1. The van der Waals surface area contributed by atoms with Gasteiger partial charge in [-0.2, -0.15) is 10.2 Å². The third-order valence-electron chi connectivity index (χ3n) is 7.14. The lowest BCUT2D eigenvalue weighted by molar-refractivity contribution is -0.385. The number of hydrogen-bond donors (Lipinski definition) is 2. The normalized spacial score (nSPS) is 10.9. The second-order valence-electron chi connectivity index (χ2n) is 10.7. The molecule has 5 aromatic rings. The molecule has 0 spiro atoms.